The summed E-state index contributed by atoms with van der Waals surface area (Å²) in [5.41, 5.74) is 0.648. The number of sulfonamides is 1. The highest BCUT2D eigenvalue weighted by atomic mass is 32.2. The number of pyridine rings is 1. The molecule has 1 saturated heterocycles. The van der Waals surface area contributed by atoms with Gasteiger partial charge >= 0.3 is 0 Å². The van der Waals surface area contributed by atoms with Gasteiger partial charge in [-0.25, -0.2) is 31.3 Å². The average molecular weight is 544 g/mol. The number of piperazine rings is 1. The molecule has 0 unspecified atom stereocenters. The van der Waals surface area contributed by atoms with E-state index < -0.39 is 33.7 Å². The predicted molar refractivity (Wildman–Crippen MR) is 133 cm³/mol. The van der Waals surface area contributed by atoms with Gasteiger partial charge in [-0.3, -0.25) is 15.2 Å². The molecule has 2 aromatic rings. The lowest BCUT2D eigenvalue weighted by molar-refractivity contribution is 0.228. The lowest BCUT2D eigenvalue weighted by Crippen LogP contribution is -2.49. The summed E-state index contributed by atoms with van der Waals surface area (Å²) in [6.45, 7) is 3.06. The first-order chi connectivity index (χ1) is 17.0. The number of alkyl halides is 3. The summed E-state index contributed by atoms with van der Waals surface area (Å²) in [5, 5.41) is 18.2. The van der Waals surface area contributed by atoms with Gasteiger partial charge in [0, 0.05) is 37.8 Å². The van der Waals surface area contributed by atoms with Crippen LogP contribution in [0.1, 0.15) is 49.9 Å². The summed E-state index contributed by atoms with van der Waals surface area (Å²) in [5.74, 6) is 0.0378. The third kappa shape index (κ3) is 4.87. The molecule has 196 valence electrons. The molecule has 2 aromatic heterocycles. The number of fused-ring (bicyclic) bond motifs is 1. The summed E-state index contributed by atoms with van der Waals surface area (Å²) in [7, 11) is -4.13. The van der Waals surface area contributed by atoms with Gasteiger partial charge in [0.15, 0.2) is 5.65 Å². The van der Waals surface area contributed by atoms with E-state index in [1.165, 1.54) is 16.7 Å². The Morgan fingerprint density at radius 2 is 2.08 bits per heavy atom. The fourth-order valence-electron chi connectivity index (χ4n) is 4.48. The second-order valence-corrected chi connectivity index (χ2v) is 12.5. The summed E-state index contributed by atoms with van der Waals surface area (Å²) in [6, 6.07) is 1.66. The first-order valence-electron chi connectivity index (χ1n) is 11.8. The molecule has 36 heavy (non-hydrogen) atoms. The lowest BCUT2D eigenvalue weighted by atomic mass is 10.2. The zero-order valence-electron chi connectivity index (χ0n) is 19.7. The van der Waals surface area contributed by atoms with Crippen LogP contribution in [-0.2, 0) is 10.0 Å². The number of rotatable bonds is 8. The Morgan fingerprint density at radius 1 is 1.36 bits per heavy atom. The van der Waals surface area contributed by atoms with Gasteiger partial charge in [-0.1, -0.05) is 0 Å². The standard InChI is InChI=1S/C22H28F3N7O2S2/c1-12-9-31(7-6-28-12)15-8-14(36(33,34)30-22(11-23)4-5-22)10-32-17(19(26)35-20(27)18(24)25)16(13-2-3-13)29-21(15)32/h8,10,12-13,18,26-28,30H,2-7,9,11H2,1H3/t12-/m0/s1. The quantitative estimate of drug-likeness (QED) is 0.300. The number of aromatic nitrogens is 2. The molecular weight excluding hydrogens is 515 g/mol. The second-order valence-electron chi connectivity index (χ2n) is 9.79. The summed E-state index contributed by atoms with van der Waals surface area (Å²) in [4.78, 5) is 6.69. The van der Waals surface area contributed by atoms with Crippen molar-refractivity contribution in [2.75, 3.05) is 31.2 Å². The first kappa shape index (κ1) is 25.5. The van der Waals surface area contributed by atoms with E-state index in [2.05, 4.69) is 10.0 Å². The van der Waals surface area contributed by atoms with Crippen molar-refractivity contribution in [3.05, 3.63) is 23.7 Å². The molecule has 0 radical (unpaired) electrons. The van der Waals surface area contributed by atoms with Crippen molar-refractivity contribution >= 4 is 43.2 Å². The number of imidazole rings is 1. The van der Waals surface area contributed by atoms with Crippen molar-refractivity contribution in [1.82, 2.24) is 19.4 Å². The van der Waals surface area contributed by atoms with E-state index in [0.717, 1.165) is 12.8 Å². The summed E-state index contributed by atoms with van der Waals surface area (Å²) >= 11 is 0.336. The van der Waals surface area contributed by atoms with Gasteiger partial charge in [0.1, 0.15) is 27.4 Å². The van der Waals surface area contributed by atoms with Crippen LogP contribution in [0, 0.1) is 10.8 Å². The predicted octanol–water partition coefficient (Wildman–Crippen LogP) is 3.09. The van der Waals surface area contributed by atoms with E-state index >= 15 is 0 Å². The van der Waals surface area contributed by atoms with E-state index in [9.17, 15) is 21.6 Å². The summed E-state index contributed by atoms with van der Waals surface area (Å²) < 4.78 is 70.4. The van der Waals surface area contributed by atoms with Crippen LogP contribution in [-0.4, -0.2) is 72.2 Å². The molecular formula is C22H28F3N7O2S2. The molecule has 9 nitrogen and oxygen atoms in total. The Hall–Kier alpha value is -2.16. The Bertz CT molecular complexity index is 1320. The number of thioether (sulfide) groups is 1. The average Bonchev–Trinajstić information content (AvgIpc) is 3.76. The van der Waals surface area contributed by atoms with Crippen LogP contribution < -0.4 is 14.9 Å². The number of hydrogen-bond donors (Lipinski definition) is 4. The normalized spacial score (nSPS) is 21.8. The van der Waals surface area contributed by atoms with Gasteiger partial charge in [0.2, 0.25) is 10.0 Å². The number of anilines is 1. The van der Waals surface area contributed by atoms with Gasteiger partial charge in [0.25, 0.3) is 6.43 Å². The lowest BCUT2D eigenvalue weighted by Gasteiger charge is -2.34. The van der Waals surface area contributed by atoms with E-state index in [0.29, 0.717) is 61.3 Å². The van der Waals surface area contributed by atoms with Crippen LogP contribution in [0.4, 0.5) is 18.9 Å². The maximum atomic E-state index is 13.5. The highest BCUT2D eigenvalue weighted by Crippen LogP contribution is 2.44. The van der Waals surface area contributed by atoms with Crippen molar-refractivity contribution in [3.8, 4) is 0 Å². The Labute approximate surface area is 211 Å². The van der Waals surface area contributed by atoms with Crippen LogP contribution in [0.2, 0.25) is 0 Å². The van der Waals surface area contributed by atoms with Crippen LogP contribution >= 0.6 is 11.8 Å². The van der Waals surface area contributed by atoms with Crippen molar-refractivity contribution in [1.29, 1.82) is 10.8 Å². The largest absolute Gasteiger partial charge is 0.366 e. The zero-order chi connectivity index (χ0) is 25.8. The molecule has 5 rings (SSSR count). The fraction of sp³-hybridized carbons (Fsp3) is 0.591. The minimum atomic E-state index is -4.13. The molecule has 0 bridgehead atoms. The monoisotopic (exact) mass is 543 g/mol. The molecule has 4 N–H and O–H groups in total. The van der Waals surface area contributed by atoms with Crippen molar-refractivity contribution in [3.63, 3.8) is 0 Å². The van der Waals surface area contributed by atoms with Gasteiger partial charge in [0.05, 0.1) is 16.9 Å². The SMILES string of the molecule is C[C@H]1CN(c2cc(S(=O)(=O)NC3(CF)CC3)cn3c(C(=N)SC(=N)C(F)F)c(C4CC4)nc23)CCN1. The van der Waals surface area contributed by atoms with E-state index in [1.54, 1.807) is 0 Å². The number of nitrogens with one attached hydrogen (secondary N) is 4. The molecule has 0 amide bonds. The fourth-order valence-corrected chi connectivity index (χ4v) is 6.55. The van der Waals surface area contributed by atoms with Crippen LogP contribution in [0.5, 0.6) is 0 Å². The molecule has 3 fully saturated rings. The maximum absolute atomic E-state index is 13.5. The molecule has 3 heterocycles. The van der Waals surface area contributed by atoms with Crippen molar-refractivity contribution < 1.29 is 21.6 Å². The van der Waals surface area contributed by atoms with Crippen molar-refractivity contribution in [2.45, 2.75) is 61.4 Å². The third-order valence-corrected chi connectivity index (χ3v) is 9.11. The molecule has 0 aromatic carbocycles. The second kappa shape index (κ2) is 9.30. The van der Waals surface area contributed by atoms with Crippen molar-refractivity contribution in [2.24, 2.45) is 0 Å². The Morgan fingerprint density at radius 3 is 2.67 bits per heavy atom. The number of hydrogen-bond acceptors (Lipinski definition) is 8. The van der Waals surface area contributed by atoms with Gasteiger partial charge in [-0.05, 0) is 50.4 Å². The Kier molecular flexibility index (Phi) is 6.58. The van der Waals surface area contributed by atoms with E-state index in [-0.39, 0.29) is 27.6 Å². The highest BCUT2D eigenvalue weighted by molar-refractivity contribution is 8.26. The number of nitrogens with zero attached hydrogens (tertiary/aromatic N) is 3. The van der Waals surface area contributed by atoms with Crippen LogP contribution in [0.15, 0.2) is 17.2 Å². The molecule has 1 aliphatic heterocycles. The molecule has 14 heteroatoms. The molecule has 2 aliphatic carbocycles. The topological polar surface area (TPSA) is 126 Å². The molecule has 0 spiro atoms. The molecule has 2 saturated carbocycles. The maximum Gasteiger partial charge on any atom is 0.285 e. The van der Waals surface area contributed by atoms with Crippen LogP contribution in [0.25, 0.3) is 5.65 Å². The van der Waals surface area contributed by atoms with E-state index in [4.69, 9.17) is 15.8 Å². The van der Waals surface area contributed by atoms with E-state index in [1.807, 2.05) is 11.8 Å². The first-order valence-corrected chi connectivity index (χ1v) is 14.1. The summed E-state index contributed by atoms with van der Waals surface area (Å²) in [6.07, 6.45) is 0.779. The molecule has 1 atom stereocenters. The number of halogens is 3. The minimum Gasteiger partial charge on any atom is -0.366 e. The smallest absolute Gasteiger partial charge is 0.285 e. The Balaban J connectivity index is 1.68. The highest BCUT2D eigenvalue weighted by Gasteiger charge is 2.46. The minimum absolute atomic E-state index is 0.0378. The van der Waals surface area contributed by atoms with Gasteiger partial charge < -0.3 is 10.2 Å². The zero-order valence-corrected chi connectivity index (χ0v) is 21.3. The van der Waals surface area contributed by atoms with Crippen LogP contribution in [0.3, 0.4) is 0 Å². The van der Waals surface area contributed by atoms with Gasteiger partial charge in [-0.15, -0.1) is 0 Å². The third-order valence-electron chi connectivity index (χ3n) is 6.77. The molecule has 3 aliphatic rings. The van der Waals surface area contributed by atoms with Gasteiger partial charge in [-0.2, -0.15) is 0 Å².